The molecule has 0 N–H and O–H groups in total. The zero-order chi connectivity index (χ0) is 12.7. The quantitative estimate of drug-likeness (QED) is 0.582. The van der Waals surface area contributed by atoms with Crippen LogP contribution < -0.4 is 0 Å². The number of hydrogen-bond donors (Lipinski definition) is 0. The molecule has 1 aromatic carbocycles. The molecule has 0 aliphatic carbocycles. The molecule has 17 heavy (non-hydrogen) atoms. The minimum atomic E-state index is -0.479. The van der Waals surface area contributed by atoms with Crippen molar-refractivity contribution in [2.45, 2.75) is 26.7 Å². The predicted octanol–water partition coefficient (Wildman–Crippen LogP) is 2.45. The van der Waals surface area contributed by atoms with Gasteiger partial charge in [0.2, 0.25) is 6.79 Å². The van der Waals surface area contributed by atoms with Gasteiger partial charge >= 0.3 is 11.9 Å². The second-order valence-electron chi connectivity index (χ2n) is 3.63. The maximum absolute atomic E-state index is 11.6. The lowest BCUT2D eigenvalue weighted by Gasteiger charge is -2.07. The molecule has 0 atom stereocenters. The summed E-state index contributed by atoms with van der Waals surface area (Å²) in [5.74, 6) is -0.836. The molecule has 1 rings (SSSR count). The van der Waals surface area contributed by atoms with Gasteiger partial charge in [0.25, 0.3) is 0 Å². The Labute approximate surface area is 101 Å². The number of hydrogen-bond acceptors (Lipinski definition) is 4. The minimum absolute atomic E-state index is 0.327. The Balaban J connectivity index is 2.41. The normalized spacial score (nSPS) is 9.76. The summed E-state index contributed by atoms with van der Waals surface area (Å²) < 4.78 is 9.58. The van der Waals surface area contributed by atoms with Crippen LogP contribution in [0.4, 0.5) is 0 Å². The highest BCUT2D eigenvalue weighted by Crippen LogP contribution is 2.08. The Hall–Kier alpha value is -1.84. The van der Waals surface area contributed by atoms with Gasteiger partial charge in [-0.3, -0.25) is 4.79 Å². The van der Waals surface area contributed by atoms with Crippen LogP contribution in [0.15, 0.2) is 24.3 Å². The molecule has 4 heteroatoms. The topological polar surface area (TPSA) is 52.6 Å². The van der Waals surface area contributed by atoms with Crippen LogP contribution in [0.25, 0.3) is 0 Å². The maximum Gasteiger partial charge on any atom is 0.341 e. The van der Waals surface area contributed by atoms with Crippen LogP contribution >= 0.6 is 0 Å². The average Bonchev–Trinajstić information content (AvgIpc) is 2.29. The van der Waals surface area contributed by atoms with Crippen molar-refractivity contribution in [3.05, 3.63) is 35.4 Å². The Morgan fingerprint density at radius 3 is 2.53 bits per heavy atom. The van der Waals surface area contributed by atoms with Crippen molar-refractivity contribution in [2.24, 2.45) is 0 Å². The van der Waals surface area contributed by atoms with Crippen molar-refractivity contribution >= 4 is 11.9 Å². The van der Waals surface area contributed by atoms with Gasteiger partial charge in [-0.05, 0) is 25.0 Å². The first-order valence-electron chi connectivity index (χ1n) is 5.53. The monoisotopic (exact) mass is 236 g/mol. The van der Waals surface area contributed by atoms with Gasteiger partial charge in [0.05, 0.1) is 5.56 Å². The van der Waals surface area contributed by atoms with Crippen LogP contribution in [-0.4, -0.2) is 18.7 Å². The van der Waals surface area contributed by atoms with Gasteiger partial charge in [-0.15, -0.1) is 0 Å². The van der Waals surface area contributed by atoms with Crippen LogP contribution in [0, 0.1) is 6.92 Å². The summed E-state index contributed by atoms with van der Waals surface area (Å²) in [6, 6.07) is 7.09. The Morgan fingerprint density at radius 1 is 1.18 bits per heavy atom. The fourth-order valence-electron chi connectivity index (χ4n) is 1.30. The molecule has 0 saturated heterocycles. The molecule has 0 heterocycles. The second-order valence-corrected chi connectivity index (χ2v) is 3.63. The summed E-state index contributed by atoms with van der Waals surface area (Å²) in [5, 5.41) is 0. The molecule has 0 radical (unpaired) electrons. The van der Waals surface area contributed by atoms with Crippen LogP contribution in [-0.2, 0) is 14.3 Å². The van der Waals surface area contributed by atoms with Crippen molar-refractivity contribution in [2.75, 3.05) is 6.79 Å². The standard InChI is InChI=1S/C13H16O4/c1-3-6-12(14)16-9-17-13(15)11-8-5-4-7-10(11)2/h4-5,7-8H,3,6,9H2,1-2H3. The summed E-state index contributed by atoms with van der Waals surface area (Å²) in [7, 11) is 0. The Kier molecular flexibility index (Phi) is 5.20. The zero-order valence-corrected chi connectivity index (χ0v) is 10.1. The molecular formula is C13H16O4. The number of esters is 2. The molecule has 4 nitrogen and oxygen atoms in total. The van der Waals surface area contributed by atoms with E-state index in [0.29, 0.717) is 18.4 Å². The number of benzene rings is 1. The Morgan fingerprint density at radius 2 is 1.88 bits per heavy atom. The molecular weight excluding hydrogens is 220 g/mol. The van der Waals surface area contributed by atoms with Crippen molar-refractivity contribution in [1.82, 2.24) is 0 Å². The van der Waals surface area contributed by atoms with Crippen LogP contribution in [0.5, 0.6) is 0 Å². The van der Waals surface area contributed by atoms with Gasteiger partial charge < -0.3 is 9.47 Å². The van der Waals surface area contributed by atoms with E-state index in [1.165, 1.54) is 0 Å². The van der Waals surface area contributed by atoms with Gasteiger partial charge in [0.15, 0.2) is 0 Å². The molecule has 0 bridgehead atoms. The highest BCUT2D eigenvalue weighted by Gasteiger charge is 2.10. The molecule has 0 aliphatic heterocycles. The van der Waals surface area contributed by atoms with E-state index in [2.05, 4.69) is 0 Å². The number of rotatable bonds is 5. The van der Waals surface area contributed by atoms with Crippen molar-refractivity contribution in [3.63, 3.8) is 0 Å². The predicted molar refractivity (Wildman–Crippen MR) is 62.5 cm³/mol. The summed E-state index contributed by atoms with van der Waals surface area (Å²) in [6.45, 7) is 3.37. The van der Waals surface area contributed by atoms with Gasteiger partial charge in [-0.25, -0.2) is 4.79 Å². The lowest BCUT2D eigenvalue weighted by Crippen LogP contribution is -2.13. The second kappa shape index (κ2) is 6.68. The highest BCUT2D eigenvalue weighted by atomic mass is 16.7. The van der Waals surface area contributed by atoms with Crippen molar-refractivity contribution in [1.29, 1.82) is 0 Å². The summed E-state index contributed by atoms with van der Waals surface area (Å²) in [4.78, 5) is 22.6. The van der Waals surface area contributed by atoms with E-state index in [4.69, 9.17) is 9.47 Å². The van der Waals surface area contributed by atoms with E-state index >= 15 is 0 Å². The van der Waals surface area contributed by atoms with E-state index in [1.54, 1.807) is 12.1 Å². The third-order valence-corrected chi connectivity index (χ3v) is 2.23. The summed E-state index contributed by atoms with van der Waals surface area (Å²) >= 11 is 0. The fourth-order valence-corrected chi connectivity index (χ4v) is 1.30. The number of aryl methyl sites for hydroxylation is 1. The lowest BCUT2D eigenvalue weighted by molar-refractivity contribution is -0.152. The SMILES string of the molecule is CCCC(=O)OCOC(=O)c1ccccc1C. The van der Waals surface area contributed by atoms with Crippen LogP contribution in [0.3, 0.4) is 0 Å². The van der Waals surface area contributed by atoms with Crippen molar-refractivity contribution in [3.8, 4) is 0 Å². The first-order valence-corrected chi connectivity index (χ1v) is 5.53. The fraction of sp³-hybridized carbons (Fsp3) is 0.385. The smallest absolute Gasteiger partial charge is 0.341 e. The minimum Gasteiger partial charge on any atom is -0.428 e. The summed E-state index contributed by atoms with van der Waals surface area (Å²) in [5.41, 5.74) is 1.32. The molecule has 0 amide bonds. The zero-order valence-electron chi connectivity index (χ0n) is 10.1. The third-order valence-electron chi connectivity index (χ3n) is 2.23. The number of carbonyl (C=O) groups is 2. The van der Waals surface area contributed by atoms with Crippen molar-refractivity contribution < 1.29 is 19.1 Å². The third kappa shape index (κ3) is 4.26. The maximum atomic E-state index is 11.6. The van der Waals surface area contributed by atoms with Crippen LogP contribution in [0.2, 0.25) is 0 Å². The van der Waals surface area contributed by atoms with E-state index in [0.717, 1.165) is 5.56 Å². The first kappa shape index (κ1) is 13.2. The molecule has 0 saturated carbocycles. The van der Waals surface area contributed by atoms with Gasteiger partial charge in [0, 0.05) is 6.42 Å². The number of ether oxygens (including phenoxy) is 2. The molecule has 1 aromatic rings. The van der Waals surface area contributed by atoms with Gasteiger partial charge in [0.1, 0.15) is 0 Å². The van der Waals surface area contributed by atoms with E-state index < -0.39 is 5.97 Å². The molecule has 0 unspecified atom stereocenters. The largest absolute Gasteiger partial charge is 0.428 e. The lowest BCUT2D eigenvalue weighted by atomic mass is 10.1. The molecule has 92 valence electrons. The molecule has 0 aliphatic rings. The van der Waals surface area contributed by atoms with Crippen LogP contribution in [0.1, 0.15) is 35.7 Å². The average molecular weight is 236 g/mol. The Bertz CT molecular complexity index is 398. The highest BCUT2D eigenvalue weighted by molar-refractivity contribution is 5.90. The van der Waals surface area contributed by atoms with E-state index in [-0.39, 0.29) is 12.8 Å². The van der Waals surface area contributed by atoms with Gasteiger partial charge in [-0.1, -0.05) is 25.1 Å². The molecule has 0 aromatic heterocycles. The van der Waals surface area contributed by atoms with Gasteiger partial charge in [-0.2, -0.15) is 0 Å². The number of carbonyl (C=O) groups excluding carboxylic acids is 2. The molecule has 0 spiro atoms. The van der Waals surface area contributed by atoms with E-state index in [9.17, 15) is 9.59 Å². The first-order chi connectivity index (χ1) is 8.15. The molecule has 0 fully saturated rings. The summed E-state index contributed by atoms with van der Waals surface area (Å²) in [6.07, 6.45) is 1.05. The van der Waals surface area contributed by atoms with E-state index in [1.807, 2.05) is 26.0 Å².